The number of carbonyl (C=O) groups excluding carboxylic acids is 1. The number of hydrogen-bond acceptors (Lipinski definition) is 6. The number of anilines is 1. The number of nitrogens with zero attached hydrogens (tertiary/aromatic N) is 1. The smallest absolute Gasteiger partial charge is 0.410 e. The quantitative estimate of drug-likeness (QED) is 0.715. The Morgan fingerprint density at radius 1 is 1.35 bits per heavy atom. The van der Waals surface area contributed by atoms with Crippen molar-refractivity contribution in [3.05, 3.63) is 24.3 Å². The van der Waals surface area contributed by atoms with Gasteiger partial charge in [-0.1, -0.05) is 0 Å². The van der Waals surface area contributed by atoms with Crippen molar-refractivity contribution in [2.24, 2.45) is 0 Å². The molecular weight excluding hydrogens is 336 g/mol. The molecule has 2 atom stereocenters. The number of benzene rings is 1. The van der Waals surface area contributed by atoms with Crippen LogP contribution in [0.4, 0.5) is 10.5 Å². The molecule has 0 aromatic heterocycles. The van der Waals surface area contributed by atoms with Gasteiger partial charge in [0.1, 0.15) is 17.5 Å². The first kappa shape index (κ1) is 20.3. The zero-order valence-corrected chi connectivity index (χ0v) is 15.8. The molecule has 1 aliphatic heterocycles. The topological polar surface area (TPSA) is 91.3 Å². The summed E-state index contributed by atoms with van der Waals surface area (Å²) in [6, 6.07) is 7.40. The van der Waals surface area contributed by atoms with E-state index in [4.69, 9.17) is 14.6 Å². The van der Waals surface area contributed by atoms with Gasteiger partial charge in [-0.2, -0.15) is 0 Å². The average Bonchev–Trinajstić information content (AvgIpc) is 2.59. The molecule has 1 aliphatic rings. The van der Waals surface area contributed by atoms with Gasteiger partial charge in [0.05, 0.1) is 19.3 Å². The summed E-state index contributed by atoms with van der Waals surface area (Å²) in [5.74, 6) is 0.731. The van der Waals surface area contributed by atoms with Gasteiger partial charge < -0.3 is 29.9 Å². The van der Waals surface area contributed by atoms with Crippen LogP contribution in [0.15, 0.2) is 24.3 Å². The monoisotopic (exact) mass is 366 g/mol. The van der Waals surface area contributed by atoms with Gasteiger partial charge in [-0.05, 0) is 57.9 Å². The van der Waals surface area contributed by atoms with Crippen LogP contribution in [0.5, 0.6) is 5.75 Å². The zero-order valence-electron chi connectivity index (χ0n) is 15.8. The van der Waals surface area contributed by atoms with Gasteiger partial charge >= 0.3 is 6.09 Å². The molecule has 2 rings (SSSR count). The molecule has 1 aromatic carbocycles. The summed E-state index contributed by atoms with van der Waals surface area (Å²) < 4.78 is 11.4. The van der Waals surface area contributed by atoms with Gasteiger partial charge in [0.15, 0.2) is 0 Å². The summed E-state index contributed by atoms with van der Waals surface area (Å²) in [4.78, 5) is 13.9. The zero-order chi connectivity index (χ0) is 19.2. The van der Waals surface area contributed by atoms with Gasteiger partial charge in [-0.15, -0.1) is 0 Å². The predicted molar refractivity (Wildman–Crippen MR) is 99.5 cm³/mol. The number of amides is 1. The van der Waals surface area contributed by atoms with Crippen LogP contribution in [-0.4, -0.2) is 65.3 Å². The lowest BCUT2D eigenvalue weighted by molar-refractivity contribution is 0.00776. The van der Waals surface area contributed by atoms with E-state index in [9.17, 15) is 9.90 Å². The third-order valence-electron chi connectivity index (χ3n) is 3.94. The number of aliphatic hydroxyl groups excluding tert-OH is 2. The van der Waals surface area contributed by atoms with Crippen molar-refractivity contribution in [2.75, 3.05) is 31.6 Å². The average molecular weight is 366 g/mol. The molecule has 7 heteroatoms. The minimum Gasteiger partial charge on any atom is -0.489 e. The number of hydrogen-bond donors (Lipinski definition) is 3. The number of aliphatic hydroxyl groups is 2. The lowest BCUT2D eigenvalue weighted by Crippen LogP contribution is -2.46. The first-order valence-electron chi connectivity index (χ1n) is 9.04. The number of carbonyl (C=O) groups is 1. The number of piperidine rings is 1. The van der Waals surface area contributed by atoms with E-state index in [2.05, 4.69) is 5.32 Å². The third-order valence-corrected chi connectivity index (χ3v) is 3.94. The van der Waals surface area contributed by atoms with Crippen LogP contribution in [-0.2, 0) is 4.74 Å². The van der Waals surface area contributed by atoms with Crippen LogP contribution in [0.1, 0.15) is 33.6 Å². The van der Waals surface area contributed by atoms with Crippen LogP contribution in [0.2, 0.25) is 0 Å². The van der Waals surface area contributed by atoms with Gasteiger partial charge in [0.25, 0.3) is 0 Å². The number of rotatable bonds is 6. The normalized spacial score (nSPS) is 19.0. The van der Waals surface area contributed by atoms with Crippen molar-refractivity contribution in [3.63, 3.8) is 0 Å². The van der Waals surface area contributed by atoms with Crippen molar-refractivity contribution in [1.29, 1.82) is 0 Å². The number of ether oxygens (including phenoxy) is 2. The Balaban J connectivity index is 1.85. The molecular formula is C19H30N2O5. The fourth-order valence-corrected chi connectivity index (χ4v) is 2.67. The maximum atomic E-state index is 12.2. The summed E-state index contributed by atoms with van der Waals surface area (Å²) >= 11 is 0. The standard InChI is InChI=1S/C19H30N2O5/c1-19(2,3)26-18(24)21-10-4-5-17(12-21)25-16-8-6-14(7-9-16)20-11-15(23)13-22/h6-9,15,17,20,22-23H,4-5,10-13H2,1-3H3. The van der Waals surface area contributed by atoms with Crippen LogP contribution in [0, 0.1) is 0 Å². The first-order valence-corrected chi connectivity index (χ1v) is 9.04. The van der Waals surface area contributed by atoms with Gasteiger partial charge in [0, 0.05) is 18.8 Å². The summed E-state index contributed by atoms with van der Waals surface area (Å²) in [5.41, 5.74) is 0.334. The molecule has 0 bridgehead atoms. The lowest BCUT2D eigenvalue weighted by atomic mass is 10.1. The first-order chi connectivity index (χ1) is 12.3. The van der Waals surface area contributed by atoms with E-state index >= 15 is 0 Å². The van der Waals surface area contributed by atoms with E-state index in [1.54, 1.807) is 4.90 Å². The Kier molecular flexibility index (Phi) is 7.11. The summed E-state index contributed by atoms with van der Waals surface area (Å²) in [7, 11) is 0. The molecule has 0 saturated carbocycles. The highest BCUT2D eigenvalue weighted by molar-refractivity contribution is 5.68. The van der Waals surface area contributed by atoms with Crippen molar-refractivity contribution in [3.8, 4) is 5.75 Å². The molecule has 26 heavy (non-hydrogen) atoms. The van der Waals surface area contributed by atoms with Crippen molar-refractivity contribution in [2.45, 2.75) is 51.4 Å². The maximum Gasteiger partial charge on any atom is 0.410 e. The predicted octanol–water partition coefficient (Wildman–Crippen LogP) is 2.23. The minimum absolute atomic E-state index is 0.0636. The third kappa shape index (κ3) is 6.72. The Morgan fingerprint density at radius 2 is 2.04 bits per heavy atom. The highest BCUT2D eigenvalue weighted by atomic mass is 16.6. The van der Waals surface area contributed by atoms with Crippen LogP contribution in [0.3, 0.4) is 0 Å². The SMILES string of the molecule is CC(C)(C)OC(=O)N1CCCC(Oc2ccc(NCC(O)CO)cc2)C1. The molecule has 1 heterocycles. The Morgan fingerprint density at radius 3 is 2.65 bits per heavy atom. The van der Waals surface area contributed by atoms with E-state index in [-0.39, 0.29) is 25.3 Å². The second-order valence-electron chi connectivity index (χ2n) is 7.55. The molecule has 0 spiro atoms. The van der Waals surface area contributed by atoms with Crippen LogP contribution in [0.25, 0.3) is 0 Å². The Labute approximate surface area is 154 Å². The minimum atomic E-state index is -0.785. The maximum absolute atomic E-state index is 12.2. The van der Waals surface area contributed by atoms with E-state index in [0.29, 0.717) is 13.1 Å². The fourth-order valence-electron chi connectivity index (χ4n) is 2.67. The number of nitrogens with one attached hydrogen (secondary N) is 1. The Hall–Kier alpha value is -1.99. The molecule has 1 aromatic rings. The van der Waals surface area contributed by atoms with Gasteiger partial charge in [-0.3, -0.25) is 0 Å². The van der Waals surface area contributed by atoms with E-state index in [0.717, 1.165) is 24.3 Å². The second kappa shape index (κ2) is 9.09. The molecule has 0 radical (unpaired) electrons. The number of likely N-dealkylation sites (tertiary alicyclic amines) is 1. The van der Waals surface area contributed by atoms with Crippen LogP contribution < -0.4 is 10.1 Å². The fraction of sp³-hybridized carbons (Fsp3) is 0.632. The molecule has 7 nitrogen and oxygen atoms in total. The lowest BCUT2D eigenvalue weighted by Gasteiger charge is -2.34. The van der Waals surface area contributed by atoms with Crippen molar-refractivity contribution in [1.82, 2.24) is 4.90 Å². The van der Waals surface area contributed by atoms with E-state index in [1.165, 1.54) is 0 Å². The molecule has 1 amide bonds. The molecule has 0 aliphatic carbocycles. The van der Waals surface area contributed by atoms with E-state index < -0.39 is 11.7 Å². The highest BCUT2D eigenvalue weighted by Crippen LogP contribution is 2.22. The molecule has 1 saturated heterocycles. The largest absolute Gasteiger partial charge is 0.489 e. The molecule has 146 valence electrons. The van der Waals surface area contributed by atoms with E-state index in [1.807, 2.05) is 45.0 Å². The summed E-state index contributed by atoms with van der Waals surface area (Å²) in [6.45, 7) is 6.78. The van der Waals surface area contributed by atoms with Crippen LogP contribution >= 0.6 is 0 Å². The highest BCUT2D eigenvalue weighted by Gasteiger charge is 2.28. The molecule has 3 N–H and O–H groups in total. The van der Waals surface area contributed by atoms with Gasteiger partial charge in [-0.25, -0.2) is 4.79 Å². The van der Waals surface area contributed by atoms with Crippen molar-refractivity contribution >= 4 is 11.8 Å². The van der Waals surface area contributed by atoms with Gasteiger partial charge in [0.2, 0.25) is 0 Å². The molecule has 2 unspecified atom stereocenters. The van der Waals surface area contributed by atoms with Crippen molar-refractivity contribution < 1.29 is 24.5 Å². The summed E-state index contributed by atoms with van der Waals surface area (Å²) in [5, 5.41) is 21.2. The summed E-state index contributed by atoms with van der Waals surface area (Å²) in [6.07, 6.45) is 0.621. The second-order valence-corrected chi connectivity index (χ2v) is 7.55. The molecule has 1 fully saturated rings. The Bertz CT molecular complexity index is 570.